The molecule has 2 heteroatoms. The molecule has 0 aromatic carbocycles. The van der Waals surface area contributed by atoms with Crippen molar-refractivity contribution in [2.75, 3.05) is 28.2 Å². The molecule has 0 amide bonds. The summed E-state index contributed by atoms with van der Waals surface area (Å²) < 4.78 is 0.986. The molecule has 0 bridgehead atoms. The Balaban J connectivity index is 4.25. The van der Waals surface area contributed by atoms with Crippen molar-refractivity contribution < 1.29 is 4.48 Å². The van der Waals surface area contributed by atoms with Gasteiger partial charge in [-0.2, -0.15) is 0 Å². The lowest BCUT2D eigenvalue weighted by molar-refractivity contribution is -0.899. The first-order valence-electron chi connectivity index (χ1n) is 4.79. The monoisotopic (exact) mass is 172 g/mol. The fraction of sp³-hybridized carbons (Fsp3) is 0.900. The fourth-order valence-corrected chi connectivity index (χ4v) is 2.02. The second kappa shape index (κ2) is 4.83. The SMILES string of the molecule is CC[CH][N+](C)(C)C(CC)N(C)C. The minimum Gasteiger partial charge on any atom is -0.306 e. The lowest BCUT2D eigenvalue weighted by Gasteiger charge is -2.40. The summed E-state index contributed by atoms with van der Waals surface area (Å²) in [5.74, 6) is 0. The Morgan fingerprint density at radius 2 is 1.75 bits per heavy atom. The summed E-state index contributed by atoms with van der Waals surface area (Å²) in [5.41, 5.74) is 0. The third-order valence-electron chi connectivity index (χ3n) is 2.38. The minimum absolute atomic E-state index is 0.602. The molecular formula is C10H24N2+. The van der Waals surface area contributed by atoms with Crippen LogP contribution in [0.3, 0.4) is 0 Å². The number of nitrogens with zero attached hydrogens (tertiary/aromatic N) is 2. The zero-order valence-electron chi connectivity index (χ0n) is 9.46. The van der Waals surface area contributed by atoms with Crippen molar-refractivity contribution >= 4 is 0 Å². The van der Waals surface area contributed by atoms with Crippen molar-refractivity contribution in [2.24, 2.45) is 0 Å². The Labute approximate surface area is 77.8 Å². The van der Waals surface area contributed by atoms with E-state index in [2.05, 4.69) is 53.5 Å². The quantitative estimate of drug-likeness (QED) is 0.452. The van der Waals surface area contributed by atoms with Gasteiger partial charge in [0.25, 0.3) is 0 Å². The van der Waals surface area contributed by atoms with Crippen molar-refractivity contribution in [3.8, 4) is 0 Å². The van der Waals surface area contributed by atoms with Gasteiger partial charge in [-0.05, 0) is 14.1 Å². The summed E-state index contributed by atoms with van der Waals surface area (Å²) in [6.07, 6.45) is 2.93. The van der Waals surface area contributed by atoms with E-state index < -0.39 is 0 Å². The molecule has 12 heavy (non-hydrogen) atoms. The van der Waals surface area contributed by atoms with Crippen molar-refractivity contribution in [1.82, 2.24) is 4.90 Å². The van der Waals surface area contributed by atoms with Gasteiger partial charge in [-0.25, -0.2) is 0 Å². The maximum atomic E-state index is 2.36. The Bertz CT molecular complexity index is 119. The minimum atomic E-state index is 0.602. The molecule has 1 radical (unpaired) electrons. The highest BCUT2D eigenvalue weighted by Crippen LogP contribution is 2.16. The van der Waals surface area contributed by atoms with Crippen LogP contribution in [0.4, 0.5) is 0 Å². The van der Waals surface area contributed by atoms with Gasteiger partial charge in [0, 0.05) is 12.8 Å². The van der Waals surface area contributed by atoms with Crippen LogP contribution < -0.4 is 0 Å². The second-order valence-electron chi connectivity index (χ2n) is 4.07. The van der Waals surface area contributed by atoms with Gasteiger partial charge in [0.05, 0.1) is 14.1 Å². The van der Waals surface area contributed by atoms with Crippen LogP contribution in [0.5, 0.6) is 0 Å². The average molecular weight is 172 g/mol. The van der Waals surface area contributed by atoms with Crippen LogP contribution in [0, 0.1) is 6.54 Å². The van der Waals surface area contributed by atoms with E-state index in [9.17, 15) is 0 Å². The predicted molar refractivity (Wildman–Crippen MR) is 54.5 cm³/mol. The van der Waals surface area contributed by atoms with Gasteiger partial charge in [-0.1, -0.05) is 13.8 Å². The molecule has 1 atom stereocenters. The van der Waals surface area contributed by atoms with E-state index in [4.69, 9.17) is 0 Å². The number of quaternary nitrogens is 1. The lowest BCUT2D eigenvalue weighted by Crippen LogP contribution is -2.53. The number of hydrogen-bond donors (Lipinski definition) is 0. The average Bonchev–Trinajstić information content (AvgIpc) is 1.86. The number of rotatable bonds is 5. The second-order valence-corrected chi connectivity index (χ2v) is 4.07. The molecule has 73 valence electrons. The molecule has 0 aliphatic carbocycles. The van der Waals surface area contributed by atoms with E-state index in [0.29, 0.717) is 6.17 Å². The normalized spacial score (nSPS) is 15.2. The van der Waals surface area contributed by atoms with Gasteiger partial charge < -0.3 is 4.48 Å². The van der Waals surface area contributed by atoms with E-state index in [1.807, 2.05) is 0 Å². The topological polar surface area (TPSA) is 3.24 Å². The molecule has 0 saturated heterocycles. The summed E-state index contributed by atoms with van der Waals surface area (Å²) >= 11 is 0. The van der Waals surface area contributed by atoms with Gasteiger partial charge in [0.2, 0.25) is 0 Å². The Morgan fingerprint density at radius 3 is 2.00 bits per heavy atom. The van der Waals surface area contributed by atoms with Crippen LogP contribution in [0.25, 0.3) is 0 Å². The Kier molecular flexibility index (Phi) is 4.80. The summed E-state index contributed by atoms with van der Waals surface area (Å²) in [6.45, 7) is 6.80. The molecule has 0 saturated carbocycles. The van der Waals surface area contributed by atoms with E-state index in [1.54, 1.807) is 0 Å². The molecule has 0 aliphatic rings. The smallest absolute Gasteiger partial charge is 0.144 e. The van der Waals surface area contributed by atoms with Crippen LogP contribution in [-0.2, 0) is 0 Å². The summed E-state index contributed by atoms with van der Waals surface area (Å²) in [6, 6.07) is 0. The summed E-state index contributed by atoms with van der Waals surface area (Å²) in [4.78, 5) is 2.30. The highest BCUT2D eigenvalue weighted by molar-refractivity contribution is 4.57. The first-order valence-corrected chi connectivity index (χ1v) is 4.79. The highest BCUT2D eigenvalue weighted by Gasteiger charge is 2.27. The van der Waals surface area contributed by atoms with Gasteiger partial charge >= 0.3 is 0 Å². The maximum absolute atomic E-state index is 2.36. The van der Waals surface area contributed by atoms with Crippen molar-refractivity contribution in [3.63, 3.8) is 0 Å². The molecule has 2 nitrogen and oxygen atoms in total. The van der Waals surface area contributed by atoms with E-state index >= 15 is 0 Å². The van der Waals surface area contributed by atoms with Crippen molar-refractivity contribution in [1.29, 1.82) is 0 Å². The van der Waals surface area contributed by atoms with Gasteiger partial charge in [-0.15, -0.1) is 0 Å². The third kappa shape index (κ3) is 3.11. The first-order chi connectivity index (χ1) is 5.45. The van der Waals surface area contributed by atoms with Gasteiger partial charge in [0.15, 0.2) is 0 Å². The zero-order chi connectivity index (χ0) is 9.78. The summed E-state index contributed by atoms with van der Waals surface area (Å²) in [7, 11) is 8.82. The van der Waals surface area contributed by atoms with Crippen molar-refractivity contribution in [2.45, 2.75) is 32.9 Å². The molecular weight excluding hydrogens is 148 g/mol. The van der Waals surface area contributed by atoms with Gasteiger partial charge in [0.1, 0.15) is 12.7 Å². The van der Waals surface area contributed by atoms with Crippen LogP contribution >= 0.6 is 0 Å². The van der Waals surface area contributed by atoms with Crippen LogP contribution in [0.15, 0.2) is 0 Å². The van der Waals surface area contributed by atoms with Crippen LogP contribution in [-0.4, -0.2) is 43.7 Å². The van der Waals surface area contributed by atoms with Crippen molar-refractivity contribution in [3.05, 3.63) is 6.54 Å². The first kappa shape index (κ1) is 11.9. The highest BCUT2D eigenvalue weighted by atomic mass is 15.4. The molecule has 0 aliphatic heterocycles. The molecule has 0 rings (SSSR count). The fourth-order valence-electron chi connectivity index (χ4n) is 2.02. The molecule has 0 aromatic rings. The van der Waals surface area contributed by atoms with Gasteiger partial charge in [-0.3, -0.25) is 4.90 Å². The van der Waals surface area contributed by atoms with Crippen LogP contribution in [0.2, 0.25) is 0 Å². The molecule has 0 N–H and O–H groups in total. The zero-order valence-corrected chi connectivity index (χ0v) is 9.46. The van der Waals surface area contributed by atoms with E-state index in [1.165, 1.54) is 6.42 Å². The van der Waals surface area contributed by atoms with E-state index in [-0.39, 0.29) is 0 Å². The Hall–Kier alpha value is -0.0800. The maximum Gasteiger partial charge on any atom is 0.144 e. The third-order valence-corrected chi connectivity index (χ3v) is 2.38. The summed E-state index contributed by atoms with van der Waals surface area (Å²) in [5, 5.41) is 0. The Morgan fingerprint density at radius 1 is 1.25 bits per heavy atom. The standard InChI is InChI=1S/C10H24N2/c1-7-9-12(5,6)10(8-2)11(3)4/h9-10H,7-8H2,1-6H3/q+1. The predicted octanol–water partition coefficient (Wildman–Crippen LogP) is 1.93. The molecule has 0 spiro atoms. The molecule has 0 fully saturated rings. The molecule has 0 heterocycles. The number of hydrogen-bond acceptors (Lipinski definition) is 1. The van der Waals surface area contributed by atoms with E-state index in [0.717, 1.165) is 10.9 Å². The molecule has 0 aromatic heterocycles. The largest absolute Gasteiger partial charge is 0.306 e. The lowest BCUT2D eigenvalue weighted by atomic mass is 10.2. The molecule has 1 unspecified atom stereocenters. The van der Waals surface area contributed by atoms with Crippen LogP contribution in [0.1, 0.15) is 26.7 Å².